The van der Waals surface area contributed by atoms with E-state index in [-0.39, 0.29) is 12.1 Å². The van der Waals surface area contributed by atoms with Crippen LogP contribution < -0.4 is 5.32 Å². The Bertz CT molecular complexity index is 344. The minimum Gasteiger partial charge on any atom is -0.394 e. The fraction of sp³-hybridized carbons (Fsp3) is 0.571. The third kappa shape index (κ3) is 5.61. The quantitative estimate of drug-likeness (QED) is 0.566. The minimum atomic E-state index is -0.144. The van der Waals surface area contributed by atoms with Crippen molar-refractivity contribution in [1.29, 1.82) is 0 Å². The highest BCUT2D eigenvalue weighted by molar-refractivity contribution is 7.99. The Kier molecular flexibility index (Phi) is 7.08. The summed E-state index contributed by atoms with van der Waals surface area (Å²) in [5.74, 6) is 1.06. The van der Waals surface area contributed by atoms with Crippen LogP contribution in [0.1, 0.15) is 26.7 Å². The van der Waals surface area contributed by atoms with Gasteiger partial charge in [0, 0.05) is 15.5 Å². The Morgan fingerprint density at radius 2 is 2.00 bits per heavy atom. The number of likely N-dealkylation sites (N-methyl/N-ethyl adjacent to an activating group) is 1. The molecule has 4 heteroatoms. The van der Waals surface area contributed by atoms with Crippen molar-refractivity contribution < 1.29 is 5.11 Å². The van der Waals surface area contributed by atoms with Gasteiger partial charge in [0.15, 0.2) is 0 Å². The summed E-state index contributed by atoms with van der Waals surface area (Å²) in [4.78, 5) is 1.24. The van der Waals surface area contributed by atoms with Crippen LogP contribution in [0.25, 0.3) is 0 Å². The first kappa shape index (κ1) is 15.8. The van der Waals surface area contributed by atoms with Gasteiger partial charge in [-0.15, -0.1) is 11.8 Å². The first-order valence-corrected chi connectivity index (χ1v) is 7.70. The Morgan fingerprint density at radius 3 is 2.56 bits per heavy atom. The summed E-state index contributed by atoms with van der Waals surface area (Å²) < 4.78 is 0. The molecular weight excluding hydrogens is 266 g/mol. The van der Waals surface area contributed by atoms with E-state index in [4.69, 9.17) is 11.6 Å². The molecule has 0 saturated carbocycles. The zero-order chi connectivity index (χ0) is 13.4. The van der Waals surface area contributed by atoms with E-state index in [0.717, 1.165) is 30.2 Å². The van der Waals surface area contributed by atoms with Crippen molar-refractivity contribution >= 4 is 23.4 Å². The highest BCUT2D eigenvalue weighted by atomic mass is 35.5. The zero-order valence-electron chi connectivity index (χ0n) is 11.1. The molecule has 0 aromatic heterocycles. The SMILES string of the molecule is CCNC(C)(CO)CCCSc1ccc(Cl)cc1. The van der Waals surface area contributed by atoms with E-state index in [1.54, 1.807) is 0 Å². The molecule has 0 aliphatic carbocycles. The van der Waals surface area contributed by atoms with Gasteiger partial charge in [0.05, 0.1) is 6.61 Å². The highest BCUT2D eigenvalue weighted by Gasteiger charge is 2.20. The van der Waals surface area contributed by atoms with Crippen LogP contribution in [-0.2, 0) is 0 Å². The predicted molar refractivity (Wildman–Crippen MR) is 80.6 cm³/mol. The van der Waals surface area contributed by atoms with Gasteiger partial charge in [0.25, 0.3) is 0 Å². The first-order valence-electron chi connectivity index (χ1n) is 6.34. The number of aliphatic hydroxyl groups excluding tert-OH is 1. The van der Waals surface area contributed by atoms with Crippen LogP contribution in [0.4, 0.5) is 0 Å². The molecule has 0 aliphatic heterocycles. The van der Waals surface area contributed by atoms with E-state index in [0.29, 0.717) is 0 Å². The Morgan fingerprint density at radius 1 is 1.33 bits per heavy atom. The topological polar surface area (TPSA) is 32.3 Å². The molecular formula is C14H22ClNOS. The Hall–Kier alpha value is -0.220. The third-order valence-electron chi connectivity index (χ3n) is 2.91. The normalized spacial score (nSPS) is 14.4. The predicted octanol–water partition coefficient (Wildman–Crippen LogP) is 3.57. The molecule has 0 bridgehead atoms. The lowest BCUT2D eigenvalue weighted by atomic mass is 9.97. The molecule has 1 atom stereocenters. The van der Waals surface area contributed by atoms with Gasteiger partial charge in [-0.2, -0.15) is 0 Å². The summed E-state index contributed by atoms with van der Waals surface area (Å²) in [7, 11) is 0. The molecule has 0 heterocycles. The maximum absolute atomic E-state index is 9.38. The second-order valence-electron chi connectivity index (χ2n) is 4.66. The van der Waals surface area contributed by atoms with Gasteiger partial charge in [0.1, 0.15) is 0 Å². The molecule has 1 rings (SSSR count). The van der Waals surface area contributed by atoms with Gasteiger partial charge in [-0.25, -0.2) is 0 Å². The van der Waals surface area contributed by atoms with Gasteiger partial charge < -0.3 is 10.4 Å². The number of rotatable bonds is 8. The van der Waals surface area contributed by atoms with Gasteiger partial charge in [0.2, 0.25) is 0 Å². The van der Waals surface area contributed by atoms with Crippen molar-refractivity contribution in [3.63, 3.8) is 0 Å². The smallest absolute Gasteiger partial charge is 0.0610 e. The lowest BCUT2D eigenvalue weighted by Gasteiger charge is -2.28. The minimum absolute atomic E-state index is 0.144. The molecule has 1 unspecified atom stereocenters. The molecule has 1 aromatic rings. The van der Waals surface area contributed by atoms with Gasteiger partial charge >= 0.3 is 0 Å². The maximum atomic E-state index is 9.38. The first-order chi connectivity index (χ1) is 8.59. The lowest BCUT2D eigenvalue weighted by Crippen LogP contribution is -2.45. The van der Waals surface area contributed by atoms with Crippen LogP contribution in [0.3, 0.4) is 0 Å². The molecule has 102 valence electrons. The summed E-state index contributed by atoms with van der Waals surface area (Å²) in [5, 5.41) is 13.5. The largest absolute Gasteiger partial charge is 0.394 e. The van der Waals surface area contributed by atoms with Crippen LogP contribution in [0.15, 0.2) is 29.2 Å². The van der Waals surface area contributed by atoms with E-state index in [9.17, 15) is 5.11 Å². The van der Waals surface area contributed by atoms with E-state index < -0.39 is 0 Å². The monoisotopic (exact) mass is 287 g/mol. The van der Waals surface area contributed by atoms with Gasteiger partial charge in [-0.1, -0.05) is 18.5 Å². The standard InChI is InChI=1S/C14H22ClNOS/c1-3-16-14(2,11-17)9-4-10-18-13-7-5-12(15)6-8-13/h5-8,16-17H,3-4,9-11H2,1-2H3. The summed E-state index contributed by atoms with van der Waals surface area (Å²) in [6.45, 7) is 5.22. The van der Waals surface area contributed by atoms with E-state index in [1.807, 2.05) is 36.0 Å². The number of hydrogen-bond acceptors (Lipinski definition) is 3. The zero-order valence-corrected chi connectivity index (χ0v) is 12.7. The molecule has 0 radical (unpaired) electrons. The average molecular weight is 288 g/mol. The van der Waals surface area contributed by atoms with Gasteiger partial charge in [-0.3, -0.25) is 0 Å². The van der Waals surface area contributed by atoms with Crippen LogP contribution in [0.2, 0.25) is 5.02 Å². The van der Waals surface area contributed by atoms with Crippen LogP contribution in [0.5, 0.6) is 0 Å². The lowest BCUT2D eigenvalue weighted by molar-refractivity contribution is 0.167. The van der Waals surface area contributed by atoms with E-state index in [1.165, 1.54) is 4.90 Å². The second-order valence-corrected chi connectivity index (χ2v) is 6.26. The molecule has 0 fully saturated rings. The number of halogens is 1. The summed E-state index contributed by atoms with van der Waals surface area (Å²) in [6, 6.07) is 7.92. The second kappa shape index (κ2) is 8.05. The number of aliphatic hydroxyl groups is 1. The molecule has 0 saturated heterocycles. The van der Waals surface area contributed by atoms with Crippen molar-refractivity contribution in [2.24, 2.45) is 0 Å². The fourth-order valence-electron chi connectivity index (χ4n) is 1.83. The van der Waals surface area contributed by atoms with Crippen molar-refractivity contribution in [3.8, 4) is 0 Å². The molecule has 0 spiro atoms. The van der Waals surface area contributed by atoms with Gasteiger partial charge in [-0.05, 0) is 56.3 Å². The molecule has 18 heavy (non-hydrogen) atoms. The van der Waals surface area contributed by atoms with Crippen molar-refractivity contribution in [1.82, 2.24) is 5.32 Å². The van der Waals surface area contributed by atoms with E-state index >= 15 is 0 Å². The number of thioether (sulfide) groups is 1. The Labute approximate surface area is 119 Å². The maximum Gasteiger partial charge on any atom is 0.0610 e. The van der Waals surface area contributed by atoms with Crippen molar-refractivity contribution in [2.45, 2.75) is 37.1 Å². The molecule has 2 N–H and O–H groups in total. The van der Waals surface area contributed by atoms with E-state index in [2.05, 4.69) is 19.2 Å². The fourth-order valence-corrected chi connectivity index (χ4v) is 2.81. The summed E-state index contributed by atoms with van der Waals surface area (Å²) in [5.41, 5.74) is -0.144. The molecule has 1 aromatic carbocycles. The summed E-state index contributed by atoms with van der Waals surface area (Å²) in [6.07, 6.45) is 2.06. The number of hydrogen-bond donors (Lipinski definition) is 2. The summed E-state index contributed by atoms with van der Waals surface area (Å²) >= 11 is 7.67. The molecule has 0 amide bonds. The number of nitrogens with one attached hydrogen (secondary N) is 1. The van der Waals surface area contributed by atoms with Crippen LogP contribution in [-0.4, -0.2) is 29.5 Å². The number of benzene rings is 1. The highest BCUT2D eigenvalue weighted by Crippen LogP contribution is 2.22. The van der Waals surface area contributed by atoms with Crippen molar-refractivity contribution in [3.05, 3.63) is 29.3 Å². The third-order valence-corrected chi connectivity index (χ3v) is 4.26. The Balaban J connectivity index is 2.27. The molecule has 0 aliphatic rings. The average Bonchev–Trinajstić information content (AvgIpc) is 2.37. The van der Waals surface area contributed by atoms with Crippen LogP contribution >= 0.6 is 23.4 Å². The van der Waals surface area contributed by atoms with Crippen molar-refractivity contribution in [2.75, 3.05) is 18.9 Å². The molecule has 2 nitrogen and oxygen atoms in total. The van der Waals surface area contributed by atoms with Crippen LogP contribution in [0, 0.1) is 0 Å².